The summed E-state index contributed by atoms with van der Waals surface area (Å²) < 4.78 is 28.8. The minimum absolute atomic E-state index is 0.141. The van der Waals surface area contributed by atoms with Crippen LogP contribution in [0.4, 0.5) is 8.78 Å². The van der Waals surface area contributed by atoms with Gasteiger partial charge in [-0.2, -0.15) is 0 Å². The summed E-state index contributed by atoms with van der Waals surface area (Å²) in [7, 11) is 0. The molecule has 0 N–H and O–H groups in total. The van der Waals surface area contributed by atoms with Crippen LogP contribution in [-0.2, 0) is 0 Å². The maximum atomic E-state index is 12.0. The number of ether oxygens (including phenoxy) is 1. The second-order valence-electron chi connectivity index (χ2n) is 3.90. The molecule has 0 radical (unpaired) electrons. The molecule has 0 amide bonds. The molecular weight excluding hydrogens is 268 g/mol. The van der Waals surface area contributed by atoms with Gasteiger partial charge in [-0.1, -0.05) is 0 Å². The Balaban J connectivity index is 2.24. The fraction of sp³-hybridized carbons (Fsp3) is 0.231. The van der Waals surface area contributed by atoms with Gasteiger partial charge in [0.05, 0.1) is 12.4 Å². The van der Waals surface area contributed by atoms with Gasteiger partial charge in [-0.25, -0.2) is 18.7 Å². The largest absolute Gasteiger partial charge is 0.484 e. The van der Waals surface area contributed by atoms with E-state index in [2.05, 4.69) is 15.0 Å². The number of nitrogens with zero attached hydrogens (tertiary/aromatic N) is 3. The summed E-state index contributed by atoms with van der Waals surface area (Å²) in [5, 5.41) is 0. The third-order valence-corrected chi connectivity index (χ3v) is 2.39. The number of aromatic nitrogens is 3. The van der Waals surface area contributed by atoms with E-state index in [9.17, 15) is 13.6 Å². The molecule has 5 nitrogen and oxygen atoms in total. The smallest absolute Gasteiger partial charge is 0.272 e. The highest BCUT2D eigenvalue weighted by Crippen LogP contribution is 2.19. The molecule has 0 fully saturated rings. The number of hydrogen-bond acceptors (Lipinski definition) is 5. The molecule has 104 valence electrons. The van der Waals surface area contributed by atoms with E-state index in [1.807, 2.05) is 0 Å². The van der Waals surface area contributed by atoms with Gasteiger partial charge in [0.15, 0.2) is 17.4 Å². The molecule has 0 aromatic carbocycles. The van der Waals surface area contributed by atoms with E-state index in [0.29, 0.717) is 5.56 Å². The highest BCUT2D eigenvalue weighted by atomic mass is 19.3. The molecule has 2 aromatic heterocycles. The third-order valence-electron chi connectivity index (χ3n) is 2.39. The van der Waals surface area contributed by atoms with Crippen LogP contribution in [-0.4, -0.2) is 33.8 Å². The predicted octanol–water partition coefficient (Wildman–Crippen LogP) is 2.39. The molecule has 2 rings (SSSR count). The van der Waals surface area contributed by atoms with E-state index in [1.165, 1.54) is 25.5 Å². The van der Waals surface area contributed by atoms with Crippen molar-refractivity contribution in [2.24, 2.45) is 0 Å². The van der Waals surface area contributed by atoms with E-state index in [4.69, 9.17) is 4.74 Å². The average molecular weight is 279 g/mol. The second kappa shape index (κ2) is 6.14. The number of pyridine rings is 1. The van der Waals surface area contributed by atoms with E-state index in [0.717, 1.165) is 0 Å². The number of carbonyl (C=O) groups is 1. The molecule has 0 saturated heterocycles. The lowest BCUT2D eigenvalue weighted by molar-refractivity contribution is 0.0815. The van der Waals surface area contributed by atoms with Crippen LogP contribution < -0.4 is 4.74 Å². The Kier molecular flexibility index (Phi) is 4.29. The zero-order valence-electron chi connectivity index (χ0n) is 10.6. The average Bonchev–Trinajstić information content (AvgIpc) is 2.45. The first-order valence-electron chi connectivity index (χ1n) is 5.77. The van der Waals surface area contributed by atoms with E-state index in [-0.39, 0.29) is 23.1 Å². The number of Topliss-reactive ketones (excluding diaryl/α,β-unsaturated/α-hetero) is 1. The number of carbonyl (C=O) groups excluding carboxylic acids is 1. The zero-order valence-corrected chi connectivity index (χ0v) is 10.6. The SMILES string of the molecule is CC(=O)c1ncccc1-c1ncc(OCC(F)F)cn1. The fourth-order valence-electron chi connectivity index (χ4n) is 1.56. The lowest BCUT2D eigenvalue weighted by Gasteiger charge is -2.06. The molecule has 0 saturated carbocycles. The number of rotatable bonds is 5. The predicted molar refractivity (Wildman–Crippen MR) is 66.8 cm³/mol. The third kappa shape index (κ3) is 3.31. The maximum Gasteiger partial charge on any atom is 0.272 e. The molecule has 0 aliphatic heterocycles. The van der Waals surface area contributed by atoms with Crippen molar-refractivity contribution in [1.82, 2.24) is 15.0 Å². The van der Waals surface area contributed by atoms with Crippen molar-refractivity contribution >= 4 is 5.78 Å². The normalized spacial score (nSPS) is 10.6. The van der Waals surface area contributed by atoms with Crippen LogP contribution in [0.3, 0.4) is 0 Å². The maximum absolute atomic E-state index is 12.0. The molecule has 0 unspecified atom stereocenters. The molecule has 7 heteroatoms. The first-order chi connectivity index (χ1) is 9.58. The first-order valence-corrected chi connectivity index (χ1v) is 5.77. The molecule has 0 aliphatic carbocycles. The highest BCUT2D eigenvalue weighted by Gasteiger charge is 2.12. The van der Waals surface area contributed by atoms with Crippen LogP contribution in [0.1, 0.15) is 17.4 Å². The Morgan fingerprint density at radius 2 is 2.00 bits per heavy atom. The summed E-state index contributed by atoms with van der Waals surface area (Å²) in [4.78, 5) is 23.4. The molecule has 2 aromatic rings. The minimum atomic E-state index is -2.56. The van der Waals surface area contributed by atoms with Crippen molar-refractivity contribution in [2.45, 2.75) is 13.3 Å². The highest BCUT2D eigenvalue weighted by molar-refractivity contribution is 5.97. The monoisotopic (exact) mass is 279 g/mol. The molecule has 2 heterocycles. The number of alkyl halides is 2. The Hall–Kier alpha value is -2.44. The number of hydrogen-bond donors (Lipinski definition) is 0. The number of halogens is 2. The lowest BCUT2D eigenvalue weighted by Crippen LogP contribution is -2.07. The molecule has 0 bridgehead atoms. The molecule has 0 spiro atoms. The Morgan fingerprint density at radius 3 is 2.60 bits per heavy atom. The van der Waals surface area contributed by atoms with Gasteiger partial charge < -0.3 is 4.74 Å². The van der Waals surface area contributed by atoms with Crippen molar-refractivity contribution in [3.8, 4) is 17.1 Å². The van der Waals surface area contributed by atoms with Crippen molar-refractivity contribution in [2.75, 3.05) is 6.61 Å². The van der Waals surface area contributed by atoms with E-state index >= 15 is 0 Å². The fourth-order valence-corrected chi connectivity index (χ4v) is 1.56. The number of ketones is 1. The van der Waals surface area contributed by atoms with Gasteiger partial charge in [0, 0.05) is 18.7 Å². The molecule has 0 atom stereocenters. The first kappa shape index (κ1) is 14.0. The minimum Gasteiger partial charge on any atom is -0.484 e. The van der Waals surface area contributed by atoms with Crippen LogP contribution in [0.15, 0.2) is 30.7 Å². The van der Waals surface area contributed by atoms with Gasteiger partial charge in [0.1, 0.15) is 12.3 Å². The van der Waals surface area contributed by atoms with E-state index in [1.54, 1.807) is 12.1 Å². The van der Waals surface area contributed by atoms with Gasteiger partial charge in [-0.05, 0) is 12.1 Å². The van der Waals surface area contributed by atoms with Gasteiger partial charge in [0.25, 0.3) is 6.43 Å². The van der Waals surface area contributed by atoms with Crippen LogP contribution in [0.25, 0.3) is 11.4 Å². The summed E-state index contributed by atoms with van der Waals surface area (Å²) in [6.07, 6.45) is 1.50. The summed E-state index contributed by atoms with van der Waals surface area (Å²) in [5.74, 6) is 0.220. The van der Waals surface area contributed by atoms with Crippen LogP contribution >= 0.6 is 0 Å². The molecular formula is C13H11F2N3O2. The Morgan fingerprint density at radius 1 is 1.30 bits per heavy atom. The van der Waals surface area contributed by atoms with Crippen molar-refractivity contribution in [3.63, 3.8) is 0 Å². The standard InChI is InChI=1S/C13H11F2N3O2/c1-8(19)12-10(3-2-4-16-12)13-17-5-9(6-18-13)20-7-11(14)15/h2-6,11H,7H2,1H3. The van der Waals surface area contributed by atoms with Crippen molar-refractivity contribution in [3.05, 3.63) is 36.4 Å². The second-order valence-corrected chi connectivity index (χ2v) is 3.90. The molecule has 0 aliphatic rings. The Bertz CT molecular complexity index is 603. The summed E-state index contributed by atoms with van der Waals surface area (Å²) in [6, 6.07) is 3.32. The van der Waals surface area contributed by atoms with Crippen molar-refractivity contribution in [1.29, 1.82) is 0 Å². The van der Waals surface area contributed by atoms with Gasteiger partial charge in [0.2, 0.25) is 0 Å². The topological polar surface area (TPSA) is 65.0 Å². The Labute approximate surface area is 113 Å². The summed E-state index contributed by atoms with van der Waals surface area (Å²) in [5.41, 5.74) is 0.745. The van der Waals surface area contributed by atoms with Gasteiger partial charge >= 0.3 is 0 Å². The van der Waals surface area contributed by atoms with Crippen LogP contribution in [0, 0.1) is 0 Å². The quantitative estimate of drug-likeness (QED) is 0.786. The zero-order chi connectivity index (χ0) is 14.5. The van der Waals surface area contributed by atoms with Gasteiger partial charge in [-0.3, -0.25) is 9.78 Å². The van der Waals surface area contributed by atoms with E-state index < -0.39 is 13.0 Å². The summed E-state index contributed by atoms with van der Waals surface area (Å²) >= 11 is 0. The lowest BCUT2D eigenvalue weighted by atomic mass is 10.1. The van der Waals surface area contributed by atoms with Crippen LogP contribution in [0.5, 0.6) is 5.75 Å². The van der Waals surface area contributed by atoms with Crippen LogP contribution in [0.2, 0.25) is 0 Å². The molecule has 20 heavy (non-hydrogen) atoms. The van der Waals surface area contributed by atoms with Gasteiger partial charge in [-0.15, -0.1) is 0 Å². The summed E-state index contributed by atoms with van der Waals surface area (Å²) in [6.45, 7) is 0.681. The van der Waals surface area contributed by atoms with Crippen molar-refractivity contribution < 1.29 is 18.3 Å².